The molecule has 0 spiro atoms. The van der Waals surface area contributed by atoms with E-state index in [1.807, 2.05) is 0 Å². The topological polar surface area (TPSA) is 57.6 Å². The molecule has 10 heavy (non-hydrogen) atoms. The van der Waals surface area contributed by atoms with Gasteiger partial charge in [0.15, 0.2) is 0 Å². The van der Waals surface area contributed by atoms with Crippen LogP contribution in [0.1, 0.15) is 0 Å². The van der Waals surface area contributed by atoms with Crippen LogP contribution >= 0.6 is 0 Å². The fraction of sp³-hybridized carbons (Fsp3) is 0. The third-order valence-electron chi connectivity index (χ3n) is 0.767. The second kappa shape index (κ2) is 3.58. The minimum Gasteiger partial charge on any atom is -0.278 e. The van der Waals surface area contributed by atoms with Crippen molar-refractivity contribution in [2.45, 2.75) is 0 Å². The molecule has 54 valence electrons. The number of hydroxylamine groups is 2. The third kappa shape index (κ3) is 1.83. The molecule has 0 bridgehead atoms. The van der Waals surface area contributed by atoms with Gasteiger partial charge >= 0.3 is 0 Å². The van der Waals surface area contributed by atoms with Crippen LogP contribution in [0.2, 0.25) is 0 Å². The molecule has 0 saturated carbocycles. The first kappa shape index (κ1) is 8.58. The summed E-state index contributed by atoms with van der Waals surface area (Å²) in [4.78, 5) is 20.8. The Morgan fingerprint density at radius 1 is 1.20 bits per heavy atom. The Morgan fingerprint density at radius 3 is 1.70 bits per heavy atom. The van der Waals surface area contributed by atoms with Crippen molar-refractivity contribution in [2.24, 2.45) is 0 Å². The molecule has 0 rings (SSSR count). The minimum atomic E-state index is -0.870. The van der Waals surface area contributed by atoms with E-state index in [2.05, 4.69) is 13.2 Å². The number of imide groups is 1. The van der Waals surface area contributed by atoms with Gasteiger partial charge in [0.05, 0.1) is 0 Å². The van der Waals surface area contributed by atoms with E-state index >= 15 is 0 Å². The molecule has 1 N–H and O–H groups in total. The number of carbonyl (C=O) groups excluding carboxylic acids is 2. The van der Waals surface area contributed by atoms with E-state index < -0.39 is 11.8 Å². The number of nitrogens with zero attached hydrogens (tertiary/aromatic N) is 1. The van der Waals surface area contributed by atoms with Gasteiger partial charge in [-0.15, -0.1) is 5.06 Å². The predicted molar refractivity (Wildman–Crippen MR) is 34.0 cm³/mol. The average Bonchev–Trinajstić information content (AvgIpc) is 2.00. The molecule has 0 aromatic carbocycles. The molecule has 4 heteroatoms. The van der Waals surface area contributed by atoms with Gasteiger partial charge in [0.25, 0.3) is 11.8 Å². The Balaban J connectivity index is 4.20. The lowest BCUT2D eigenvalue weighted by Gasteiger charge is -2.05. The van der Waals surface area contributed by atoms with Crippen LogP contribution in [0, 0.1) is 0 Å². The lowest BCUT2D eigenvalue weighted by molar-refractivity contribution is -0.171. The second-order valence-corrected chi connectivity index (χ2v) is 1.40. The molecular weight excluding hydrogens is 134 g/mol. The number of amides is 2. The van der Waals surface area contributed by atoms with Crippen molar-refractivity contribution in [3.05, 3.63) is 25.3 Å². The Bertz CT molecular complexity index is 165. The van der Waals surface area contributed by atoms with E-state index in [1.165, 1.54) is 0 Å². The molecule has 0 unspecified atom stereocenters. The SMILES string of the molecule is C=CC(=O)N(O)C(=O)C=C. The van der Waals surface area contributed by atoms with Crippen molar-refractivity contribution in [2.75, 3.05) is 0 Å². The van der Waals surface area contributed by atoms with Gasteiger partial charge in [-0.1, -0.05) is 13.2 Å². The van der Waals surface area contributed by atoms with Crippen molar-refractivity contribution in [3.63, 3.8) is 0 Å². The van der Waals surface area contributed by atoms with Crippen molar-refractivity contribution in [1.82, 2.24) is 5.06 Å². The summed E-state index contributed by atoms with van der Waals surface area (Å²) in [6, 6.07) is 0. The molecule has 0 fully saturated rings. The first-order chi connectivity index (χ1) is 4.63. The first-order valence-corrected chi connectivity index (χ1v) is 2.45. The van der Waals surface area contributed by atoms with E-state index in [1.54, 1.807) is 0 Å². The van der Waals surface area contributed by atoms with E-state index in [4.69, 9.17) is 5.21 Å². The lowest BCUT2D eigenvalue weighted by atomic mass is 10.5. The van der Waals surface area contributed by atoms with Crippen molar-refractivity contribution in [3.8, 4) is 0 Å². The fourth-order valence-corrected chi connectivity index (χ4v) is 0.282. The van der Waals surface area contributed by atoms with Crippen LogP contribution in [0.4, 0.5) is 0 Å². The Kier molecular flexibility index (Phi) is 3.07. The molecule has 0 aliphatic heterocycles. The Hall–Kier alpha value is -1.42. The maximum Gasteiger partial charge on any atom is 0.276 e. The second-order valence-electron chi connectivity index (χ2n) is 1.40. The standard InChI is InChI=1S/C6H7NO3/c1-3-5(8)7(10)6(9)4-2/h3-4,10H,1-2H2. The summed E-state index contributed by atoms with van der Waals surface area (Å²) in [5, 5.41) is 8.51. The molecule has 0 aliphatic rings. The lowest BCUT2D eigenvalue weighted by Crippen LogP contribution is -2.30. The Labute approximate surface area is 58.0 Å². The minimum absolute atomic E-state index is 0.0694. The molecule has 0 aliphatic carbocycles. The summed E-state index contributed by atoms with van der Waals surface area (Å²) >= 11 is 0. The summed E-state index contributed by atoms with van der Waals surface area (Å²) in [5.41, 5.74) is 0. The van der Waals surface area contributed by atoms with Crippen molar-refractivity contribution >= 4 is 11.8 Å². The molecular formula is C6H7NO3. The fourth-order valence-electron chi connectivity index (χ4n) is 0.282. The number of hydrogen-bond donors (Lipinski definition) is 1. The maximum atomic E-state index is 10.4. The molecule has 0 atom stereocenters. The number of rotatable bonds is 2. The van der Waals surface area contributed by atoms with Crippen LogP contribution in [0.15, 0.2) is 25.3 Å². The van der Waals surface area contributed by atoms with E-state index in [9.17, 15) is 9.59 Å². The maximum absolute atomic E-state index is 10.4. The predicted octanol–water partition coefficient (Wildman–Crippen LogP) is 0.103. The zero-order valence-electron chi connectivity index (χ0n) is 5.28. The van der Waals surface area contributed by atoms with Crippen molar-refractivity contribution < 1.29 is 14.8 Å². The van der Waals surface area contributed by atoms with Gasteiger partial charge in [-0.05, 0) is 12.2 Å². The highest BCUT2D eigenvalue weighted by atomic mass is 16.5. The summed E-state index contributed by atoms with van der Waals surface area (Å²) in [6.07, 6.45) is 1.64. The normalized spacial score (nSPS) is 8.10. The summed E-state index contributed by atoms with van der Waals surface area (Å²) < 4.78 is 0. The summed E-state index contributed by atoms with van der Waals surface area (Å²) in [7, 11) is 0. The van der Waals surface area contributed by atoms with Gasteiger partial charge in [-0.2, -0.15) is 0 Å². The van der Waals surface area contributed by atoms with Crippen molar-refractivity contribution in [1.29, 1.82) is 0 Å². The average molecular weight is 141 g/mol. The monoisotopic (exact) mass is 141 g/mol. The van der Waals surface area contributed by atoms with E-state index in [0.717, 1.165) is 12.2 Å². The van der Waals surface area contributed by atoms with Crippen LogP contribution < -0.4 is 0 Å². The highest BCUT2D eigenvalue weighted by Gasteiger charge is 2.11. The highest BCUT2D eigenvalue weighted by molar-refractivity contribution is 6.03. The van der Waals surface area contributed by atoms with E-state index in [-0.39, 0.29) is 5.06 Å². The molecule has 0 saturated heterocycles. The largest absolute Gasteiger partial charge is 0.278 e. The molecule has 4 nitrogen and oxygen atoms in total. The number of hydrogen-bond acceptors (Lipinski definition) is 3. The zero-order valence-corrected chi connectivity index (χ0v) is 5.28. The summed E-state index contributed by atoms with van der Waals surface area (Å²) in [6.45, 7) is 6.12. The first-order valence-electron chi connectivity index (χ1n) is 2.45. The van der Waals surface area contributed by atoms with Crippen LogP contribution in [-0.2, 0) is 9.59 Å². The molecule has 0 heterocycles. The highest BCUT2D eigenvalue weighted by Crippen LogP contribution is 1.86. The third-order valence-corrected chi connectivity index (χ3v) is 0.767. The number of carbonyl (C=O) groups is 2. The van der Waals surface area contributed by atoms with E-state index in [0.29, 0.717) is 0 Å². The summed E-state index contributed by atoms with van der Waals surface area (Å²) in [5.74, 6) is -1.74. The van der Waals surface area contributed by atoms with Gasteiger partial charge in [-0.25, -0.2) is 0 Å². The van der Waals surface area contributed by atoms with Crippen LogP contribution in [0.5, 0.6) is 0 Å². The van der Waals surface area contributed by atoms with Crippen LogP contribution in [0.25, 0.3) is 0 Å². The molecule has 0 aromatic rings. The Morgan fingerprint density at radius 2 is 1.50 bits per heavy atom. The van der Waals surface area contributed by atoms with Crippen LogP contribution in [-0.4, -0.2) is 22.1 Å². The van der Waals surface area contributed by atoms with Gasteiger partial charge in [-0.3, -0.25) is 14.8 Å². The van der Waals surface area contributed by atoms with Gasteiger partial charge in [0.1, 0.15) is 0 Å². The van der Waals surface area contributed by atoms with Gasteiger partial charge in [0.2, 0.25) is 0 Å². The smallest absolute Gasteiger partial charge is 0.276 e. The van der Waals surface area contributed by atoms with Crippen LogP contribution in [0.3, 0.4) is 0 Å². The quantitative estimate of drug-likeness (QED) is 0.337. The molecule has 0 aromatic heterocycles. The molecule has 0 radical (unpaired) electrons. The molecule has 2 amide bonds. The van der Waals surface area contributed by atoms with Gasteiger partial charge in [0, 0.05) is 0 Å². The zero-order chi connectivity index (χ0) is 8.15. The van der Waals surface area contributed by atoms with Gasteiger partial charge < -0.3 is 0 Å².